The van der Waals surface area contributed by atoms with Crippen molar-refractivity contribution in [2.45, 2.75) is 25.8 Å². The third-order valence-corrected chi connectivity index (χ3v) is 4.16. The molecule has 0 saturated carbocycles. The van der Waals surface area contributed by atoms with E-state index in [2.05, 4.69) is 51.2 Å². The smallest absolute Gasteiger partial charge is 0.0410 e. The summed E-state index contributed by atoms with van der Waals surface area (Å²) in [6.07, 6.45) is 6.46. The SMILES string of the molecule is CCNCC1CCCN(C)C1c1cncc(Br)c1. The summed E-state index contributed by atoms with van der Waals surface area (Å²) in [4.78, 5) is 6.78. The molecular weight excluding hydrogens is 290 g/mol. The van der Waals surface area contributed by atoms with Gasteiger partial charge in [-0.05, 0) is 73.0 Å². The van der Waals surface area contributed by atoms with E-state index in [0.29, 0.717) is 12.0 Å². The standard InChI is InChI=1S/C14H22BrN3/c1-3-16-8-11-5-4-6-18(2)14(11)12-7-13(15)10-17-9-12/h7,9-11,14,16H,3-6,8H2,1-2H3. The number of halogens is 1. The third-order valence-electron chi connectivity index (χ3n) is 3.73. The summed E-state index contributed by atoms with van der Waals surface area (Å²) in [7, 11) is 2.23. The number of hydrogen-bond donors (Lipinski definition) is 1. The first-order chi connectivity index (χ1) is 8.72. The van der Waals surface area contributed by atoms with Crippen LogP contribution in [0.5, 0.6) is 0 Å². The highest BCUT2D eigenvalue weighted by molar-refractivity contribution is 9.10. The monoisotopic (exact) mass is 311 g/mol. The lowest BCUT2D eigenvalue weighted by Gasteiger charge is -2.39. The van der Waals surface area contributed by atoms with Crippen molar-refractivity contribution in [2.24, 2.45) is 5.92 Å². The Balaban J connectivity index is 2.18. The number of aromatic nitrogens is 1. The van der Waals surface area contributed by atoms with Crippen molar-refractivity contribution in [2.75, 3.05) is 26.7 Å². The van der Waals surface area contributed by atoms with Gasteiger partial charge in [0.25, 0.3) is 0 Å². The Morgan fingerprint density at radius 1 is 1.50 bits per heavy atom. The van der Waals surface area contributed by atoms with Gasteiger partial charge in [-0.1, -0.05) is 6.92 Å². The average molecular weight is 312 g/mol. The van der Waals surface area contributed by atoms with Gasteiger partial charge in [0.05, 0.1) is 0 Å². The van der Waals surface area contributed by atoms with Gasteiger partial charge >= 0.3 is 0 Å². The second kappa shape index (κ2) is 6.64. The van der Waals surface area contributed by atoms with Crippen LogP contribution in [0.25, 0.3) is 0 Å². The van der Waals surface area contributed by atoms with Crippen molar-refractivity contribution in [3.05, 3.63) is 28.5 Å². The molecule has 0 spiro atoms. The van der Waals surface area contributed by atoms with Gasteiger partial charge in [0.15, 0.2) is 0 Å². The van der Waals surface area contributed by atoms with Gasteiger partial charge in [-0.2, -0.15) is 0 Å². The van der Waals surface area contributed by atoms with E-state index in [4.69, 9.17) is 0 Å². The van der Waals surface area contributed by atoms with Crippen molar-refractivity contribution >= 4 is 15.9 Å². The summed E-state index contributed by atoms with van der Waals surface area (Å²) in [6.45, 7) is 5.49. The minimum Gasteiger partial charge on any atom is -0.317 e. The van der Waals surface area contributed by atoms with Gasteiger partial charge in [-0.25, -0.2) is 0 Å². The van der Waals surface area contributed by atoms with Crippen LogP contribution in [0.3, 0.4) is 0 Å². The van der Waals surface area contributed by atoms with Gasteiger partial charge < -0.3 is 5.32 Å². The molecule has 1 aromatic heterocycles. The van der Waals surface area contributed by atoms with Crippen LogP contribution in [0.2, 0.25) is 0 Å². The van der Waals surface area contributed by atoms with Crippen LogP contribution in [-0.4, -0.2) is 36.6 Å². The molecule has 1 aromatic rings. The van der Waals surface area contributed by atoms with Crippen molar-refractivity contribution in [1.29, 1.82) is 0 Å². The van der Waals surface area contributed by atoms with Crippen molar-refractivity contribution in [3.63, 3.8) is 0 Å². The second-order valence-corrected chi connectivity index (χ2v) is 5.99. The second-order valence-electron chi connectivity index (χ2n) is 5.07. The molecule has 0 aromatic carbocycles. The zero-order valence-electron chi connectivity index (χ0n) is 11.2. The van der Waals surface area contributed by atoms with Gasteiger partial charge in [-0.3, -0.25) is 9.88 Å². The zero-order chi connectivity index (χ0) is 13.0. The van der Waals surface area contributed by atoms with E-state index in [0.717, 1.165) is 17.6 Å². The topological polar surface area (TPSA) is 28.2 Å². The van der Waals surface area contributed by atoms with Crippen molar-refractivity contribution < 1.29 is 0 Å². The molecule has 2 unspecified atom stereocenters. The molecule has 0 aliphatic carbocycles. The molecule has 1 N–H and O–H groups in total. The summed E-state index contributed by atoms with van der Waals surface area (Å²) in [5.74, 6) is 0.680. The molecule has 18 heavy (non-hydrogen) atoms. The summed E-state index contributed by atoms with van der Waals surface area (Å²) in [5, 5.41) is 3.49. The average Bonchev–Trinajstić information content (AvgIpc) is 2.36. The van der Waals surface area contributed by atoms with E-state index in [9.17, 15) is 0 Å². The first-order valence-electron chi connectivity index (χ1n) is 6.73. The Morgan fingerprint density at radius 3 is 3.06 bits per heavy atom. The lowest BCUT2D eigenvalue weighted by molar-refractivity contribution is 0.119. The number of rotatable bonds is 4. The first-order valence-corrected chi connectivity index (χ1v) is 7.53. The molecule has 0 radical (unpaired) electrons. The van der Waals surface area contributed by atoms with E-state index >= 15 is 0 Å². The Hall–Kier alpha value is -0.450. The lowest BCUT2D eigenvalue weighted by Crippen LogP contribution is -2.40. The quantitative estimate of drug-likeness (QED) is 0.927. The molecule has 3 nitrogen and oxygen atoms in total. The molecule has 2 heterocycles. The largest absolute Gasteiger partial charge is 0.317 e. The van der Waals surface area contributed by atoms with Crippen LogP contribution in [0.1, 0.15) is 31.4 Å². The van der Waals surface area contributed by atoms with Crippen LogP contribution in [0.15, 0.2) is 22.9 Å². The Labute approximate surface area is 118 Å². The minimum absolute atomic E-state index is 0.489. The molecule has 1 fully saturated rings. The highest BCUT2D eigenvalue weighted by Crippen LogP contribution is 2.35. The van der Waals surface area contributed by atoms with Gasteiger partial charge in [-0.15, -0.1) is 0 Å². The summed E-state index contributed by atoms with van der Waals surface area (Å²) in [6, 6.07) is 2.70. The number of hydrogen-bond acceptors (Lipinski definition) is 3. The molecule has 0 amide bonds. The Bertz CT molecular complexity index is 383. The maximum atomic E-state index is 4.31. The van der Waals surface area contributed by atoms with E-state index in [1.165, 1.54) is 24.9 Å². The molecule has 4 heteroatoms. The third kappa shape index (κ3) is 3.31. The van der Waals surface area contributed by atoms with Crippen LogP contribution in [-0.2, 0) is 0 Å². The van der Waals surface area contributed by atoms with Crippen LogP contribution >= 0.6 is 15.9 Å². The number of nitrogens with one attached hydrogen (secondary N) is 1. The molecule has 100 valence electrons. The van der Waals surface area contributed by atoms with Crippen LogP contribution in [0.4, 0.5) is 0 Å². The predicted molar refractivity (Wildman–Crippen MR) is 78.6 cm³/mol. The molecule has 1 aliphatic heterocycles. The number of nitrogens with zero attached hydrogens (tertiary/aromatic N) is 2. The minimum atomic E-state index is 0.489. The number of piperidine rings is 1. The fraction of sp³-hybridized carbons (Fsp3) is 0.643. The summed E-state index contributed by atoms with van der Waals surface area (Å²) < 4.78 is 1.07. The highest BCUT2D eigenvalue weighted by Gasteiger charge is 2.30. The van der Waals surface area contributed by atoms with Gasteiger partial charge in [0.1, 0.15) is 0 Å². The molecular formula is C14H22BrN3. The lowest BCUT2D eigenvalue weighted by atomic mass is 9.85. The molecule has 2 atom stereocenters. The molecule has 1 saturated heterocycles. The summed E-state index contributed by atoms with van der Waals surface area (Å²) in [5.41, 5.74) is 1.33. The van der Waals surface area contributed by atoms with Crippen LogP contribution in [0, 0.1) is 5.92 Å². The highest BCUT2D eigenvalue weighted by atomic mass is 79.9. The number of pyridine rings is 1. The van der Waals surface area contributed by atoms with Crippen molar-refractivity contribution in [1.82, 2.24) is 15.2 Å². The molecule has 1 aliphatic rings. The van der Waals surface area contributed by atoms with Gasteiger partial charge in [0, 0.05) is 22.9 Å². The van der Waals surface area contributed by atoms with E-state index < -0.39 is 0 Å². The number of likely N-dealkylation sites (tertiary alicyclic amines) is 1. The first kappa shape index (κ1) is 14.0. The van der Waals surface area contributed by atoms with E-state index in [-0.39, 0.29) is 0 Å². The maximum Gasteiger partial charge on any atom is 0.0410 e. The Morgan fingerprint density at radius 2 is 2.33 bits per heavy atom. The Kier molecular flexibility index (Phi) is 5.15. The molecule has 0 bridgehead atoms. The molecule has 2 rings (SSSR count). The van der Waals surface area contributed by atoms with Crippen molar-refractivity contribution in [3.8, 4) is 0 Å². The van der Waals surface area contributed by atoms with E-state index in [1.807, 2.05) is 12.4 Å². The zero-order valence-corrected chi connectivity index (χ0v) is 12.8. The fourth-order valence-electron chi connectivity index (χ4n) is 2.92. The fourth-order valence-corrected chi connectivity index (χ4v) is 3.30. The maximum absolute atomic E-state index is 4.31. The summed E-state index contributed by atoms with van der Waals surface area (Å²) >= 11 is 3.52. The normalized spacial score (nSPS) is 25.3. The van der Waals surface area contributed by atoms with Crippen LogP contribution < -0.4 is 5.32 Å². The van der Waals surface area contributed by atoms with Gasteiger partial charge in [0.2, 0.25) is 0 Å². The predicted octanol–water partition coefficient (Wildman–Crippen LogP) is 2.84. The van der Waals surface area contributed by atoms with E-state index in [1.54, 1.807) is 0 Å².